The van der Waals surface area contributed by atoms with Crippen LogP contribution in [0.5, 0.6) is 0 Å². The summed E-state index contributed by atoms with van der Waals surface area (Å²) in [5.74, 6) is 0. The van der Waals surface area contributed by atoms with Crippen molar-refractivity contribution in [3.8, 4) is 0 Å². The summed E-state index contributed by atoms with van der Waals surface area (Å²) in [5, 5.41) is 15.5. The molecule has 0 aliphatic carbocycles. The molecule has 0 unspecified atom stereocenters. The molecule has 1 rings (SSSR count). The number of aromatic nitrogens is 2. The third-order valence-corrected chi connectivity index (χ3v) is 0.478. The number of hydrogen-bond donors (Lipinski definition) is 1. The second kappa shape index (κ2) is 16.5. The molecule has 0 saturated heterocycles. The van der Waals surface area contributed by atoms with E-state index in [1.807, 2.05) is 0 Å². The Bertz CT molecular complexity index is 106. The first-order chi connectivity index (χ1) is 4.41. The predicted octanol–water partition coefficient (Wildman–Crippen LogP) is -5.74. The van der Waals surface area contributed by atoms with Gasteiger partial charge in [-0.3, -0.25) is 0 Å². The largest absolute Gasteiger partial charge is 1.00 e. The van der Waals surface area contributed by atoms with Gasteiger partial charge in [-0.15, -0.1) is 0 Å². The zero-order valence-electron chi connectivity index (χ0n) is 6.27. The van der Waals surface area contributed by atoms with Crippen molar-refractivity contribution in [3.63, 3.8) is 0 Å². The van der Waals surface area contributed by atoms with Gasteiger partial charge in [0.25, 0.3) is 0 Å². The molecule has 0 aliphatic heterocycles. The fourth-order valence-electron chi connectivity index (χ4n) is 0.253. The molecule has 7 heteroatoms. The van der Waals surface area contributed by atoms with Gasteiger partial charge in [-0.25, -0.2) is 9.97 Å². The second-order valence-electron chi connectivity index (χ2n) is 1.03. The van der Waals surface area contributed by atoms with E-state index in [0.29, 0.717) is 0 Å². The van der Waals surface area contributed by atoms with Crippen LogP contribution in [0.25, 0.3) is 0 Å². The summed E-state index contributed by atoms with van der Waals surface area (Å²) in [6.45, 7) is 0. The van der Waals surface area contributed by atoms with Gasteiger partial charge in [0.1, 0.15) is 6.33 Å². The van der Waals surface area contributed by atoms with Crippen LogP contribution < -0.4 is 34.6 Å². The Balaban J connectivity index is -0.000000116. The van der Waals surface area contributed by atoms with Gasteiger partial charge in [-0.05, 0) is 6.07 Å². The zero-order valence-corrected chi connectivity index (χ0v) is 8.27. The van der Waals surface area contributed by atoms with Gasteiger partial charge in [0.15, 0.2) is 7.69 Å². The van der Waals surface area contributed by atoms with Crippen LogP contribution in [0, 0.1) is 0 Å². The third kappa shape index (κ3) is 17.8. The first kappa shape index (κ1) is 17.2. The van der Waals surface area contributed by atoms with Gasteiger partial charge in [-0.2, -0.15) is 0 Å². The normalized spacial score (nSPS) is 5.64. The fraction of sp³-hybridized carbons (Fsp3) is 0. The topological polar surface area (TPSA) is 101 Å². The van der Waals surface area contributed by atoms with Crippen LogP contribution in [0.2, 0.25) is 0 Å². The van der Waals surface area contributed by atoms with E-state index in [2.05, 4.69) is 9.97 Å². The minimum atomic E-state index is -1.00. The standard InChI is InChI=1S/C4H4N2.BH2O2.Na.H2O/c1-2-5-4-6-3-1;2-1-3;;/h1-4H;1-2H;;1H2/q;-1;+1;. The summed E-state index contributed by atoms with van der Waals surface area (Å²) in [7, 11) is -1.00. The summed E-state index contributed by atoms with van der Waals surface area (Å²) in [5.41, 5.74) is 0. The Morgan fingerprint density at radius 1 is 1.27 bits per heavy atom. The Morgan fingerprint density at radius 2 is 1.64 bits per heavy atom. The molecule has 0 spiro atoms. The smallest absolute Gasteiger partial charge is 0.859 e. The van der Waals surface area contributed by atoms with E-state index in [0.717, 1.165) is 0 Å². The molecule has 0 saturated carbocycles. The molecular weight excluding hydrogens is 158 g/mol. The van der Waals surface area contributed by atoms with Crippen LogP contribution in [0.1, 0.15) is 0 Å². The van der Waals surface area contributed by atoms with Crippen molar-refractivity contribution < 1.29 is 45.1 Å². The molecule has 1 heterocycles. The third-order valence-electron chi connectivity index (χ3n) is 0.478. The van der Waals surface area contributed by atoms with Crippen molar-refractivity contribution in [2.75, 3.05) is 0 Å². The zero-order chi connectivity index (χ0) is 6.95. The SMILES string of the molecule is O.[Na+].[O-]BO.c1cncnc1. The van der Waals surface area contributed by atoms with Crippen molar-refractivity contribution in [2.45, 2.75) is 0 Å². The monoisotopic (exact) mass is 166 g/mol. The van der Waals surface area contributed by atoms with Crippen LogP contribution in [0.3, 0.4) is 0 Å². The molecule has 1 aromatic rings. The van der Waals surface area contributed by atoms with E-state index in [1.54, 1.807) is 18.5 Å². The van der Waals surface area contributed by atoms with E-state index >= 15 is 0 Å². The molecule has 56 valence electrons. The summed E-state index contributed by atoms with van der Waals surface area (Å²) >= 11 is 0. The fourth-order valence-corrected chi connectivity index (χ4v) is 0.253. The van der Waals surface area contributed by atoms with Crippen LogP contribution in [0.15, 0.2) is 24.8 Å². The predicted molar refractivity (Wildman–Crippen MR) is 35.0 cm³/mol. The molecule has 0 atom stereocenters. The van der Waals surface area contributed by atoms with Crippen LogP contribution in [-0.4, -0.2) is 28.2 Å². The van der Waals surface area contributed by atoms with E-state index < -0.39 is 7.69 Å². The summed E-state index contributed by atoms with van der Waals surface area (Å²) in [6.07, 6.45) is 4.88. The second-order valence-corrected chi connectivity index (χ2v) is 1.03. The number of rotatable bonds is 0. The molecule has 0 fully saturated rings. The molecule has 0 radical (unpaired) electrons. The molecule has 1 aromatic heterocycles. The van der Waals surface area contributed by atoms with Gasteiger partial charge >= 0.3 is 29.6 Å². The molecule has 0 amide bonds. The van der Waals surface area contributed by atoms with E-state index in [1.165, 1.54) is 6.33 Å². The Kier molecular flexibility index (Phi) is 25.9. The van der Waals surface area contributed by atoms with Gasteiger partial charge in [-0.1, -0.05) is 0 Å². The van der Waals surface area contributed by atoms with E-state index in [-0.39, 0.29) is 35.0 Å². The first-order valence-corrected chi connectivity index (χ1v) is 2.30. The Morgan fingerprint density at radius 3 is 1.73 bits per heavy atom. The van der Waals surface area contributed by atoms with Gasteiger partial charge in [0.05, 0.1) is 0 Å². The molecule has 0 aromatic carbocycles. The molecule has 0 bridgehead atoms. The van der Waals surface area contributed by atoms with Crippen molar-refractivity contribution in [1.82, 2.24) is 9.97 Å². The van der Waals surface area contributed by atoms with Crippen molar-refractivity contribution in [3.05, 3.63) is 24.8 Å². The molecule has 0 aliphatic rings. The molecule has 5 nitrogen and oxygen atoms in total. The van der Waals surface area contributed by atoms with Gasteiger partial charge in [0.2, 0.25) is 0 Å². The Hall–Kier alpha value is 0.0249. The Labute approximate surface area is 87.4 Å². The minimum absolute atomic E-state index is 0. The van der Waals surface area contributed by atoms with Gasteiger partial charge < -0.3 is 15.5 Å². The summed E-state index contributed by atoms with van der Waals surface area (Å²) < 4.78 is 0. The quantitative estimate of drug-likeness (QED) is 0.388. The van der Waals surface area contributed by atoms with Crippen LogP contribution in [0.4, 0.5) is 0 Å². The van der Waals surface area contributed by atoms with E-state index in [9.17, 15) is 0 Å². The van der Waals surface area contributed by atoms with Crippen molar-refractivity contribution >= 4 is 7.69 Å². The minimum Gasteiger partial charge on any atom is -0.859 e. The van der Waals surface area contributed by atoms with Gasteiger partial charge in [0, 0.05) is 12.4 Å². The van der Waals surface area contributed by atoms with Crippen LogP contribution >= 0.6 is 0 Å². The van der Waals surface area contributed by atoms with Crippen molar-refractivity contribution in [2.24, 2.45) is 0 Å². The maximum atomic E-state index is 8.49. The molecular formula is C4H8BN2NaO3. The van der Waals surface area contributed by atoms with E-state index in [4.69, 9.17) is 10.0 Å². The maximum absolute atomic E-state index is 8.49. The average molecular weight is 166 g/mol. The summed E-state index contributed by atoms with van der Waals surface area (Å²) in [4.78, 5) is 7.35. The summed E-state index contributed by atoms with van der Waals surface area (Å²) in [6, 6.07) is 1.78. The number of nitrogens with zero attached hydrogens (tertiary/aromatic N) is 2. The molecule has 3 N–H and O–H groups in total. The molecule has 11 heavy (non-hydrogen) atoms. The van der Waals surface area contributed by atoms with Crippen molar-refractivity contribution in [1.29, 1.82) is 0 Å². The average Bonchev–Trinajstić information content (AvgIpc) is 1.93. The maximum Gasteiger partial charge on any atom is 1.00 e. The van der Waals surface area contributed by atoms with Crippen LogP contribution in [-0.2, 0) is 0 Å². The number of hydrogen-bond acceptors (Lipinski definition) is 4. The first-order valence-electron chi connectivity index (χ1n) is 2.30.